The van der Waals surface area contributed by atoms with Gasteiger partial charge in [-0.15, -0.1) is 0 Å². The molecule has 1 aliphatic rings. The minimum absolute atomic E-state index is 0.00871. The summed E-state index contributed by atoms with van der Waals surface area (Å²) in [5.41, 5.74) is 2.36. The smallest absolute Gasteiger partial charge is 0.267 e. The number of allylic oxidation sites excluding steroid dienone is 2. The fourth-order valence-electron chi connectivity index (χ4n) is 4.25. The average molecular weight is 471 g/mol. The molecule has 2 aromatic carbocycles. The van der Waals surface area contributed by atoms with Crippen LogP contribution in [0, 0.1) is 5.82 Å². The van der Waals surface area contributed by atoms with Gasteiger partial charge in [0, 0.05) is 30.2 Å². The van der Waals surface area contributed by atoms with E-state index in [0.717, 1.165) is 5.56 Å². The van der Waals surface area contributed by atoms with Crippen LogP contribution in [0.2, 0.25) is 0 Å². The van der Waals surface area contributed by atoms with E-state index in [0.29, 0.717) is 36.0 Å². The fraction of sp³-hybridized carbons (Fsp3) is 0.333. The summed E-state index contributed by atoms with van der Waals surface area (Å²) in [6, 6.07) is 10.1. The zero-order valence-corrected chi connectivity index (χ0v) is 19.4. The van der Waals surface area contributed by atoms with E-state index in [1.54, 1.807) is 44.3 Å². The number of carbonyl (C=O) groups excluding carboxylic acids is 2. The Hall–Kier alpha value is -3.35. The van der Waals surface area contributed by atoms with Crippen molar-refractivity contribution in [3.05, 3.63) is 83.2 Å². The summed E-state index contributed by atoms with van der Waals surface area (Å²) in [5, 5.41) is 4.99. The van der Waals surface area contributed by atoms with Crippen LogP contribution in [-0.2, 0) is 11.2 Å². The van der Waals surface area contributed by atoms with E-state index in [2.05, 4.69) is 17.2 Å². The highest BCUT2D eigenvalue weighted by molar-refractivity contribution is 6.20. The first-order valence-corrected chi connectivity index (χ1v) is 11.3. The number of hydrogen-bond donors (Lipinski definition) is 2. The van der Waals surface area contributed by atoms with Crippen LogP contribution in [0.25, 0.3) is 11.1 Å². The Balaban J connectivity index is 1.85. The molecule has 34 heavy (non-hydrogen) atoms. The Kier molecular flexibility index (Phi) is 7.97. The van der Waals surface area contributed by atoms with Crippen molar-refractivity contribution in [3.63, 3.8) is 0 Å². The molecule has 1 aliphatic carbocycles. The summed E-state index contributed by atoms with van der Waals surface area (Å²) in [6.07, 6.45) is 2.71. The van der Waals surface area contributed by atoms with Crippen molar-refractivity contribution >= 4 is 23.0 Å². The van der Waals surface area contributed by atoms with Crippen LogP contribution >= 0.6 is 0 Å². The van der Waals surface area contributed by atoms with E-state index in [-0.39, 0.29) is 29.9 Å². The standard InChI is InChI=1S/C27H29F3N2O2/c1-4-20(26(34)32-23-10-5-6-15-27(23,29)30)24-21(8-7-9-22(24)28)17(2)16-18-11-13-19(14-12-18)25(33)31-3/h4,7-9,11-14,23H,2,5-6,10,15-16H2,1,3H3,(H,31,33)(H,32,34)/b20-4+. The van der Waals surface area contributed by atoms with Crippen LogP contribution in [-0.4, -0.2) is 30.8 Å². The van der Waals surface area contributed by atoms with Gasteiger partial charge >= 0.3 is 0 Å². The van der Waals surface area contributed by atoms with Crippen molar-refractivity contribution in [2.24, 2.45) is 0 Å². The molecule has 0 aliphatic heterocycles. The van der Waals surface area contributed by atoms with Crippen molar-refractivity contribution in [2.75, 3.05) is 7.05 Å². The molecule has 0 spiro atoms. The third-order valence-corrected chi connectivity index (χ3v) is 6.13. The number of alkyl halides is 2. The summed E-state index contributed by atoms with van der Waals surface area (Å²) in [7, 11) is 1.55. The molecule has 0 heterocycles. The topological polar surface area (TPSA) is 58.2 Å². The molecule has 0 saturated heterocycles. The van der Waals surface area contributed by atoms with Gasteiger partial charge in [-0.3, -0.25) is 9.59 Å². The molecule has 4 nitrogen and oxygen atoms in total. The number of carbonyl (C=O) groups is 2. The second kappa shape index (κ2) is 10.7. The SMILES string of the molecule is C=C(Cc1ccc(C(=O)NC)cc1)c1cccc(F)c1/C(=C\C)C(=O)NC1CCCCC1(F)F. The summed E-state index contributed by atoms with van der Waals surface area (Å²) in [4.78, 5) is 24.7. The molecule has 1 saturated carbocycles. The third kappa shape index (κ3) is 5.58. The molecular formula is C27H29F3N2O2. The monoisotopic (exact) mass is 470 g/mol. The van der Waals surface area contributed by atoms with E-state index >= 15 is 4.39 Å². The van der Waals surface area contributed by atoms with Crippen molar-refractivity contribution in [1.82, 2.24) is 10.6 Å². The Morgan fingerprint density at radius 1 is 1.15 bits per heavy atom. The van der Waals surface area contributed by atoms with Gasteiger partial charge in [0.2, 0.25) is 0 Å². The molecule has 2 aromatic rings. The highest BCUT2D eigenvalue weighted by Crippen LogP contribution is 2.35. The maximum atomic E-state index is 15.0. The molecule has 0 aromatic heterocycles. The molecule has 0 radical (unpaired) electrons. The summed E-state index contributed by atoms with van der Waals surface area (Å²) >= 11 is 0. The Bertz CT molecular complexity index is 1110. The lowest BCUT2D eigenvalue weighted by Gasteiger charge is -2.32. The molecule has 1 unspecified atom stereocenters. The van der Waals surface area contributed by atoms with Gasteiger partial charge in [0.05, 0.1) is 6.04 Å². The number of rotatable bonds is 7. The summed E-state index contributed by atoms with van der Waals surface area (Å²) in [6.45, 7) is 5.66. The van der Waals surface area contributed by atoms with Crippen LogP contribution in [0.5, 0.6) is 0 Å². The van der Waals surface area contributed by atoms with Crippen LogP contribution < -0.4 is 10.6 Å². The Labute approximate surface area is 197 Å². The quantitative estimate of drug-likeness (QED) is 0.522. The second-order valence-corrected chi connectivity index (χ2v) is 8.45. The number of nitrogens with one attached hydrogen (secondary N) is 2. The zero-order valence-electron chi connectivity index (χ0n) is 19.4. The Morgan fingerprint density at radius 3 is 2.47 bits per heavy atom. The number of hydrogen-bond acceptors (Lipinski definition) is 2. The van der Waals surface area contributed by atoms with E-state index in [1.807, 2.05) is 0 Å². The predicted octanol–water partition coefficient (Wildman–Crippen LogP) is 5.54. The van der Waals surface area contributed by atoms with Gasteiger partial charge in [-0.25, -0.2) is 13.2 Å². The lowest BCUT2D eigenvalue weighted by Crippen LogP contribution is -2.49. The first-order chi connectivity index (χ1) is 16.2. The highest BCUT2D eigenvalue weighted by Gasteiger charge is 2.42. The van der Waals surface area contributed by atoms with Crippen LogP contribution in [0.15, 0.2) is 55.1 Å². The molecule has 2 N–H and O–H groups in total. The zero-order chi connectivity index (χ0) is 24.9. The lowest BCUT2D eigenvalue weighted by atomic mass is 9.89. The Morgan fingerprint density at radius 2 is 1.85 bits per heavy atom. The maximum absolute atomic E-state index is 15.0. The minimum Gasteiger partial charge on any atom is -0.355 e. The molecule has 1 atom stereocenters. The van der Waals surface area contributed by atoms with Crippen molar-refractivity contribution in [3.8, 4) is 0 Å². The molecule has 7 heteroatoms. The van der Waals surface area contributed by atoms with Gasteiger partial charge in [0.1, 0.15) is 5.82 Å². The van der Waals surface area contributed by atoms with Crippen LogP contribution in [0.1, 0.15) is 59.7 Å². The van der Waals surface area contributed by atoms with E-state index in [4.69, 9.17) is 0 Å². The van der Waals surface area contributed by atoms with Gasteiger partial charge in [0.25, 0.3) is 17.7 Å². The molecule has 0 bridgehead atoms. The average Bonchev–Trinajstić information content (AvgIpc) is 2.81. The minimum atomic E-state index is -2.99. The fourth-order valence-corrected chi connectivity index (χ4v) is 4.25. The molecule has 3 rings (SSSR count). The summed E-state index contributed by atoms with van der Waals surface area (Å²) in [5.74, 6) is -4.56. The van der Waals surface area contributed by atoms with Gasteiger partial charge in [-0.1, -0.05) is 43.3 Å². The number of benzene rings is 2. The maximum Gasteiger partial charge on any atom is 0.267 e. The van der Waals surface area contributed by atoms with Gasteiger partial charge in [-0.2, -0.15) is 0 Å². The number of halogens is 3. The van der Waals surface area contributed by atoms with Gasteiger partial charge < -0.3 is 10.6 Å². The van der Waals surface area contributed by atoms with E-state index in [1.165, 1.54) is 18.2 Å². The second-order valence-electron chi connectivity index (χ2n) is 8.45. The molecule has 180 valence electrons. The normalized spacial score (nSPS) is 17.7. The van der Waals surface area contributed by atoms with Crippen LogP contribution in [0.3, 0.4) is 0 Å². The molecule has 1 fully saturated rings. The first-order valence-electron chi connectivity index (χ1n) is 11.3. The first kappa shape index (κ1) is 25.3. The third-order valence-electron chi connectivity index (χ3n) is 6.13. The molecule has 2 amide bonds. The van der Waals surface area contributed by atoms with E-state index < -0.39 is 23.7 Å². The van der Waals surface area contributed by atoms with Gasteiger partial charge in [-0.05, 0) is 61.1 Å². The summed E-state index contributed by atoms with van der Waals surface area (Å²) < 4.78 is 43.6. The number of amides is 2. The van der Waals surface area contributed by atoms with Crippen LogP contribution in [0.4, 0.5) is 13.2 Å². The highest BCUT2D eigenvalue weighted by atomic mass is 19.3. The van der Waals surface area contributed by atoms with E-state index in [9.17, 15) is 18.4 Å². The molecular weight excluding hydrogens is 441 g/mol. The lowest BCUT2D eigenvalue weighted by molar-refractivity contribution is -0.122. The van der Waals surface area contributed by atoms with Crippen molar-refractivity contribution < 1.29 is 22.8 Å². The van der Waals surface area contributed by atoms with Crippen molar-refractivity contribution in [2.45, 2.75) is 51.0 Å². The predicted molar refractivity (Wildman–Crippen MR) is 128 cm³/mol. The van der Waals surface area contributed by atoms with Crippen molar-refractivity contribution in [1.29, 1.82) is 0 Å². The van der Waals surface area contributed by atoms with Gasteiger partial charge in [0.15, 0.2) is 0 Å². The largest absolute Gasteiger partial charge is 0.355 e.